The van der Waals surface area contributed by atoms with Crippen molar-refractivity contribution in [3.8, 4) is 5.75 Å². The molecule has 0 radical (unpaired) electrons. The number of methoxy groups -OCH3 is 1. The Morgan fingerprint density at radius 2 is 1.83 bits per heavy atom. The van der Waals surface area contributed by atoms with Crippen LogP contribution < -0.4 is 10.1 Å². The van der Waals surface area contributed by atoms with E-state index in [1.807, 2.05) is 6.92 Å². The Bertz CT molecular complexity index is 631. The highest BCUT2D eigenvalue weighted by Gasteiger charge is 2.12. The Hall–Kier alpha value is -1.98. The number of hydrogen-bond acceptors (Lipinski definition) is 3. The zero-order valence-electron chi connectivity index (χ0n) is 13.2. The Labute approximate surface area is 134 Å². The minimum atomic E-state index is -0.675. The number of rotatable bonds is 7. The van der Waals surface area contributed by atoms with Crippen molar-refractivity contribution in [1.82, 2.24) is 5.32 Å². The van der Waals surface area contributed by atoms with E-state index in [1.54, 1.807) is 24.3 Å². The number of aliphatic hydroxyl groups is 1. The molecule has 2 unspecified atom stereocenters. The molecule has 2 N–H and O–H groups in total. The van der Waals surface area contributed by atoms with Crippen molar-refractivity contribution in [1.29, 1.82) is 0 Å². The van der Waals surface area contributed by atoms with Crippen molar-refractivity contribution < 1.29 is 18.6 Å². The molecule has 23 heavy (non-hydrogen) atoms. The lowest BCUT2D eigenvalue weighted by molar-refractivity contribution is 0.153. The van der Waals surface area contributed by atoms with Crippen LogP contribution in [0.25, 0.3) is 0 Å². The maximum Gasteiger partial charge on any atom is 0.165 e. The fourth-order valence-corrected chi connectivity index (χ4v) is 2.35. The van der Waals surface area contributed by atoms with Crippen LogP contribution in [0.15, 0.2) is 42.5 Å². The zero-order chi connectivity index (χ0) is 16.8. The van der Waals surface area contributed by atoms with Crippen LogP contribution in [-0.2, 0) is 6.54 Å². The van der Waals surface area contributed by atoms with Crippen LogP contribution in [-0.4, -0.2) is 18.3 Å². The van der Waals surface area contributed by atoms with E-state index in [4.69, 9.17) is 4.74 Å². The molecular weight excluding hydrogens is 300 g/mol. The van der Waals surface area contributed by atoms with Gasteiger partial charge in [-0.25, -0.2) is 8.78 Å². The van der Waals surface area contributed by atoms with Gasteiger partial charge in [-0.3, -0.25) is 0 Å². The second-order valence-corrected chi connectivity index (χ2v) is 5.55. The van der Waals surface area contributed by atoms with Crippen LogP contribution in [0.4, 0.5) is 8.78 Å². The van der Waals surface area contributed by atoms with Gasteiger partial charge >= 0.3 is 0 Å². The van der Waals surface area contributed by atoms with E-state index in [9.17, 15) is 13.9 Å². The summed E-state index contributed by atoms with van der Waals surface area (Å²) < 4.78 is 31.4. The van der Waals surface area contributed by atoms with Gasteiger partial charge in [-0.1, -0.05) is 18.2 Å². The molecule has 0 aliphatic heterocycles. The fraction of sp³-hybridized carbons (Fsp3) is 0.333. The summed E-state index contributed by atoms with van der Waals surface area (Å²) in [6.45, 7) is 2.42. The first kappa shape index (κ1) is 17.4. The summed E-state index contributed by atoms with van der Waals surface area (Å²) >= 11 is 0. The molecule has 0 aromatic heterocycles. The molecule has 2 aromatic rings. The quantitative estimate of drug-likeness (QED) is 0.819. The third-order valence-corrected chi connectivity index (χ3v) is 3.70. The standard InChI is InChI=1S/C18H21F2NO2/c1-12(9-17(22)14-4-6-15(19)7-5-14)21-11-13-3-8-18(23-2)16(20)10-13/h3-8,10,12,17,21-22H,9,11H2,1-2H3. The Morgan fingerprint density at radius 3 is 2.43 bits per heavy atom. The SMILES string of the molecule is COc1ccc(CNC(C)CC(O)c2ccc(F)cc2)cc1F. The molecule has 2 aromatic carbocycles. The van der Waals surface area contributed by atoms with E-state index in [0.717, 1.165) is 5.56 Å². The third kappa shape index (κ3) is 5.01. The average molecular weight is 321 g/mol. The van der Waals surface area contributed by atoms with E-state index >= 15 is 0 Å². The van der Waals surface area contributed by atoms with Crippen molar-refractivity contribution in [3.05, 3.63) is 65.2 Å². The summed E-state index contributed by atoms with van der Waals surface area (Å²) in [7, 11) is 1.43. The molecule has 0 aliphatic carbocycles. The van der Waals surface area contributed by atoms with Gasteiger partial charge < -0.3 is 15.2 Å². The van der Waals surface area contributed by atoms with Crippen LogP contribution in [0.2, 0.25) is 0 Å². The molecule has 0 saturated carbocycles. The number of benzene rings is 2. The van der Waals surface area contributed by atoms with Gasteiger partial charge in [0.1, 0.15) is 5.82 Å². The van der Waals surface area contributed by atoms with Gasteiger partial charge in [-0.15, -0.1) is 0 Å². The number of nitrogens with one attached hydrogen (secondary N) is 1. The first-order valence-corrected chi connectivity index (χ1v) is 7.49. The highest BCUT2D eigenvalue weighted by atomic mass is 19.1. The minimum Gasteiger partial charge on any atom is -0.494 e. The van der Waals surface area contributed by atoms with E-state index in [-0.39, 0.29) is 17.6 Å². The number of aliphatic hydroxyl groups excluding tert-OH is 1. The van der Waals surface area contributed by atoms with Gasteiger partial charge in [0.05, 0.1) is 13.2 Å². The van der Waals surface area contributed by atoms with Gasteiger partial charge in [-0.05, 0) is 48.7 Å². The summed E-state index contributed by atoms with van der Waals surface area (Å²) in [6, 6.07) is 10.6. The van der Waals surface area contributed by atoms with Crippen LogP contribution in [0.3, 0.4) is 0 Å². The molecule has 2 rings (SSSR count). The lowest BCUT2D eigenvalue weighted by Gasteiger charge is -2.18. The van der Waals surface area contributed by atoms with Crippen LogP contribution >= 0.6 is 0 Å². The van der Waals surface area contributed by atoms with E-state index in [1.165, 1.54) is 25.3 Å². The Morgan fingerprint density at radius 1 is 1.13 bits per heavy atom. The van der Waals surface area contributed by atoms with Crippen molar-refractivity contribution in [2.75, 3.05) is 7.11 Å². The minimum absolute atomic E-state index is 0.0141. The van der Waals surface area contributed by atoms with Crippen molar-refractivity contribution in [2.24, 2.45) is 0 Å². The third-order valence-electron chi connectivity index (χ3n) is 3.70. The normalized spacial score (nSPS) is 13.6. The maximum absolute atomic E-state index is 13.6. The number of ether oxygens (including phenoxy) is 1. The van der Waals surface area contributed by atoms with Crippen molar-refractivity contribution in [2.45, 2.75) is 32.0 Å². The van der Waals surface area contributed by atoms with E-state index in [0.29, 0.717) is 18.5 Å². The van der Waals surface area contributed by atoms with Crippen LogP contribution in [0.1, 0.15) is 30.6 Å². The Kier molecular flexibility index (Phi) is 6.07. The molecular formula is C18H21F2NO2. The van der Waals surface area contributed by atoms with Gasteiger partial charge in [0.15, 0.2) is 11.6 Å². The lowest BCUT2D eigenvalue weighted by atomic mass is 10.0. The van der Waals surface area contributed by atoms with Crippen LogP contribution in [0, 0.1) is 11.6 Å². The molecule has 0 saturated heterocycles. The summed E-state index contributed by atoms with van der Waals surface area (Å²) in [6.07, 6.45) is -0.199. The largest absolute Gasteiger partial charge is 0.494 e. The monoisotopic (exact) mass is 321 g/mol. The average Bonchev–Trinajstić information content (AvgIpc) is 2.53. The van der Waals surface area contributed by atoms with Gasteiger partial charge in [0.25, 0.3) is 0 Å². The molecule has 124 valence electrons. The Balaban J connectivity index is 1.86. The number of halogens is 2. The molecule has 0 spiro atoms. The molecule has 0 fully saturated rings. The van der Waals surface area contributed by atoms with Gasteiger partial charge in [0.2, 0.25) is 0 Å². The first-order chi connectivity index (χ1) is 11.0. The second-order valence-electron chi connectivity index (χ2n) is 5.55. The van der Waals surface area contributed by atoms with E-state index < -0.39 is 11.9 Å². The lowest BCUT2D eigenvalue weighted by Crippen LogP contribution is -2.27. The predicted octanol–water partition coefficient (Wildman–Crippen LogP) is 3.58. The molecule has 2 atom stereocenters. The predicted molar refractivity (Wildman–Crippen MR) is 85.2 cm³/mol. The van der Waals surface area contributed by atoms with Crippen LogP contribution in [0.5, 0.6) is 5.75 Å². The molecule has 3 nitrogen and oxygen atoms in total. The number of hydrogen-bond donors (Lipinski definition) is 2. The molecule has 5 heteroatoms. The summed E-state index contributed by atoms with van der Waals surface area (Å²) in [5.41, 5.74) is 1.47. The fourth-order valence-electron chi connectivity index (χ4n) is 2.35. The topological polar surface area (TPSA) is 41.5 Å². The summed E-state index contributed by atoms with van der Waals surface area (Å²) in [5.74, 6) is -0.506. The summed E-state index contributed by atoms with van der Waals surface area (Å²) in [4.78, 5) is 0. The zero-order valence-corrected chi connectivity index (χ0v) is 13.2. The highest BCUT2D eigenvalue weighted by molar-refractivity contribution is 5.29. The molecule has 0 heterocycles. The van der Waals surface area contributed by atoms with Crippen molar-refractivity contribution >= 4 is 0 Å². The smallest absolute Gasteiger partial charge is 0.165 e. The van der Waals surface area contributed by atoms with E-state index in [2.05, 4.69) is 5.32 Å². The van der Waals surface area contributed by atoms with Gasteiger partial charge in [-0.2, -0.15) is 0 Å². The second kappa shape index (κ2) is 8.04. The van der Waals surface area contributed by atoms with Gasteiger partial charge in [0, 0.05) is 12.6 Å². The first-order valence-electron chi connectivity index (χ1n) is 7.49. The van der Waals surface area contributed by atoms with Crippen molar-refractivity contribution in [3.63, 3.8) is 0 Å². The highest BCUT2D eigenvalue weighted by Crippen LogP contribution is 2.20. The molecule has 0 aliphatic rings. The summed E-state index contributed by atoms with van der Waals surface area (Å²) in [5, 5.41) is 13.4. The molecule has 0 bridgehead atoms. The molecule has 0 amide bonds. The maximum atomic E-state index is 13.6.